The molecule has 0 radical (unpaired) electrons. The number of carbonyl (C=O) groups is 1. The Morgan fingerprint density at radius 1 is 1.15 bits per heavy atom. The third kappa shape index (κ3) is 3.98. The third-order valence-corrected chi connectivity index (χ3v) is 4.58. The Morgan fingerprint density at radius 2 is 1.80 bits per heavy atom. The highest BCUT2D eigenvalue weighted by atomic mass is 79.9. The number of amides is 2. The molecule has 1 aromatic heterocycles. The van der Waals surface area contributed by atoms with Gasteiger partial charge in [-0.15, -0.1) is 11.3 Å². The fraction of sp³-hybridized carbons (Fsp3) is 0.214. The highest BCUT2D eigenvalue weighted by molar-refractivity contribution is 9.11. The van der Waals surface area contributed by atoms with Crippen molar-refractivity contribution in [3.05, 3.63) is 45.1 Å². The zero-order chi connectivity index (χ0) is 14.5. The van der Waals surface area contributed by atoms with Gasteiger partial charge >= 0.3 is 6.03 Å². The summed E-state index contributed by atoms with van der Waals surface area (Å²) in [4.78, 5) is 12.5. The number of halogens is 1. The molecule has 3 N–H and O–H groups in total. The quantitative estimate of drug-likeness (QED) is 0.761. The topological polar surface area (TPSA) is 53.2 Å². The molecule has 106 valence electrons. The molecule has 2 amide bonds. The minimum absolute atomic E-state index is 0.220. The van der Waals surface area contributed by atoms with E-state index in [-0.39, 0.29) is 12.1 Å². The van der Waals surface area contributed by atoms with Gasteiger partial charge in [-0.3, -0.25) is 0 Å². The minimum Gasteiger partial charge on any atom is -0.378 e. The molecule has 4 nitrogen and oxygen atoms in total. The van der Waals surface area contributed by atoms with Crippen molar-refractivity contribution >= 4 is 44.7 Å². The maximum atomic E-state index is 11.2. The van der Waals surface area contributed by atoms with Crippen LogP contribution in [0.4, 0.5) is 16.2 Å². The SMILES string of the molecule is CNC(=O)Nc1ccc(NC(C)c2ccc(Br)s2)cc1. The average Bonchev–Trinajstić information content (AvgIpc) is 2.87. The number of urea groups is 1. The van der Waals surface area contributed by atoms with Gasteiger partial charge < -0.3 is 16.0 Å². The molecule has 2 aromatic rings. The molecular weight excluding hydrogens is 338 g/mol. The van der Waals surface area contributed by atoms with E-state index in [9.17, 15) is 4.79 Å². The lowest BCUT2D eigenvalue weighted by Crippen LogP contribution is -2.24. The number of rotatable bonds is 4. The van der Waals surface area contributed by atoms with Crippen LogP contribution in [0.5, 0.6) is 0 Å². The number of hydrogen-bond donors (Lipinski definition) is 3. The van der Waals surface area contributed by atoms with Crippen molar-refractivity contribution in [1.82, 2.24) is 5.32 Å². The Kier molecular flexibility index (Phi) is 5.03. The Balaban J connectivity index is 1.98. The van der Waals surface area contributed by atoms with Gasteiger partial charge in [-0.25, -0.2) is 4.79 Å². The molecule has 1 heterocycles. The molecule has 2 rings (SSSR count). The zero-order valence-corrected chi connectivity index (χ0v) is 13.6. The van der Waals surface area contributed by atoms with Crippen molar-refractivity contribution in [2.75, 3.05) is 17.7 Å². The van der Waals surface area contributed by atoms with Crippen LogP contribution >= 0.6 is 27.3 Å². The molecule has 0 fully saturated rings. The van der Waals surface area contributed by atoms with E-state index in [4.69, 9.17) is 0 Å². The van der Waals surface area contributed by atoms with Crippen molar-refractivity contribution in [3.8, 4) is 0 Å². The lowest BCUT2D eigenvalue weighted by molar-refractivity contribution is 0.254. The number of hydrogen-bond acceptors (Lipinski definition) is 3. The summed E-state index contributed by atoms with van der Waals surface area (Å²) in [5.74, 6) is 0. The molecule has 0 aliphatic rings. The van der Waals surface area contributed by atoms with Gasteiger partial charge in [0.25, 0.3) is 0 Å². The van der Waals surface area contributed by atoms with Crippen molar-refractivity contribution in [2.45, 2.75) is 13.0 Å². The standard InChI is InChI=1S/C14H16BrN3OS/c1-9(12-7-8-13(15)20-12)17-10-3-5-11(6-4-10)18-14(19)16-2/h3-9,17H,1-2H3,(H2,16,18,19). The van der Waals surface area contributed by atoms with Gasteiger partial charge in [0.05, 0.1) is 9.83 Å². The smallest absolute Gasteiger partial charge is 0.318 e. The predicted molar refractivity (Wildman–Crippen MR) is 88.6 cm³/mol. The first-order chi connectivity index (χ1) is 9.58. The van der Waals surface area contributed by atoms with Crippen LogP contribution < -0.4 is 16.0 Å². The fourth-order valence-electron chi connectivity index (χ4n) is 1.73. The van der Waals surface area contributed by atoms with E-state index in [2.05, 4.69) is 50.9 Å². The first-order valence-corrected chi connectivity index (χ1v) is 7.80. The second-order valence-corrected chi connectivity index (χ2v) is 6.78. The predicted octanol–water partition coefficient (Wildman–Crippen LogP) is 4.44. The van der Waals surface area contributed by atoms with Crippen LogP contribution in [0, 0.1) is 0 Å². The summed E-state index contributed by atoms with van der Waals surface area (Å²) in [6.45, 7) is 2.12. The van der Waals surface area contributed by atoms with Crippen LogP contribution in [0.3, 0.4) is 0 Å². The summed E-state index contributed by atoms with van der Waals surface area (Å²) in [5, 5.41) is 8.67. The van der Waals surface area contributed by atoms with E-state index >= 15 is 0 Å². The van der Waals surface area contributed by atoms with Gasteiger partial charge in [0.15, 0.2) is 0 Å². The molecule has 0 saturated heterocycles. The molecular formula is C14H16BrN3OS. The van der Waals surface area contributed by atoms with Gasteiger partial charge in [0.2, 0.25) is 0 Å². The summed E-state index contributed by atoms with van der Waals surface area (Å²) >= 11 is 5.19. The van der Waals surface area contributed by atoms with E-state index in [1.54, 1.807) is 18.4 Å². The number of carbonyl (C=O) groups excluding carboxylic acids is 1. The Morgan fingerprint density at radius 3 is 2.35 bits per heavy atom. The molecule has 20 heavy (non-hydrogen) atoms. The fourth-order valence-corrected chi connectivity index (χ4v) is 3.15. The number of thiophene rings is 1. The molecule has 0 bridgehead atoms. The van der Waals surface area contributed by atoms with Gasteiger partial charge in [0.1, 0.15) is 0 Å². The molecule has 1 atom stereocenters. The van der Waals surface area contributed by atoms with Crippen molar-refractivity contribution in [2.24, 2.45) is 0 Å². The van der Waals surface area contributed by atoms with Crippen LogP contribution in [0.2, 0.25) is 0 Å². The summed E-state index contributed by atoms with van der Waals surface area (Å²) in [7, 11) is 1.59. The molecule has 0 aliphatic heterocycles. The van der Waals surface area contributed by atoms with Crippen LogP contribution in [-0.2, 0) is 0 Å². The maximum Gasteiger partial charge on any atom is 0.318 e. The second kappa shape index (κ2) is 6.76. The minimum atomic E-state index is -0.220. The monoisotopic (exact) mass is 353 g/mol. The highest BCUT2D eigenvalue weighted by Crippen LogP contribution is 2.29. The molecule has 1 aromatic carbocycles. The van der Waals surface area contributed by atoms with E-state index in [1.165, 1.54) is 4.88 Å². The number of anilines is 2. The van der Waals surface area contributed by atoms with Gasteiger partial charge in [-0.2, -0.15) is 0 Å². The Bertz CT molecular complexity index is 582. The summed E-state index contributed by atoms with van der Waals surface area (Å²) < 4.78 is 1.13. The molecule has 0 aliphatic carbocycles. The van der Waals surface area contributed by atoms with Gasteiger partial charge in [-0.1, -0.05) is 0 Å². The van der Waals surface area contributed by atoms with E-state index in [1.807, 2.05) is 24.3 Å². The molecule has 0 saturated carbocycles. The van der Waals surface area contributed by atoms with Crippen LogP contribution in [0.15, 0.2) is 40.2 Å². The van der Waals surface area contributed by atoms with Crippen molar-refractivity contribution in [3.63, 3.8) is 0 Å². The van der Waals surface area contributed by atoms with Crippen molar-refractivity contribution in [1.29, 1.82) is 0 Å². The maximum absolute atomic E-state index is 11.2. The lowest BCUT2D eigenvalue weighted by Gasteiger charge is -2.14. The molecule has 1 unspecified atom stereocenters. The van der Waals surface area contributed by atoms with Gasteiger partial charge in [-0.05, 0) is 59.3 Å². The van der Waals surface area contributed by atoms with E-state index in [0.29, 0.717) is 0 Å². The van der Waals surface area contributed by atoms with Crippen LogP contribution in [-0.4, -0.2) is 13.1 Å². The third-order valence-electron chi connectivity index (χ3n) is 2.77. The summed E-state index contributed by atoms with van der Waals surface area (Å²) in [5.41, 5.74) is 1.78. The Labute approximate surface area is 130 Å². The average molecular weight is 354 g/mol. The van der Waals surface area contributed by atoms with Crippen LogP contribution in [0.1, 0.15) is 17.8 Å². The number of nitrogens with one attached hydrogen (secondary N) is 3. The van der Waals surface area contributed by atoms with E-state index < -0.39 is 0 Å². The second-order valence-electron chi connectivity index (χ2n) is 4.29. The van der Waals surface area contributed by atoms with E-state index in [0.717, 1.165) is 15.2 Å². The number of benzene rings is 1. The summed E-state index contributed by atoms with van der Waals surface area (Å²) in [6, 6.07) is 11.8. The first kappa shape index (κ1) is 14.9. The van der Waals surface area contributed by atoms with Crippen molar-refractivity contribution < 1.29 is 4.79 Å². The van der Waals surface area contributed by atoms with Crippen LogP contribution in [0.25, 0.3) is 0 Å². The Hall–Kier alpha value is -1.53. The van der Waals surface area contributed by atoms with Gasteiger partial charge in [0, 0.05) is 23.3 Å². The summed E-state index contributed by atoms with van der Waals surface area (Å²) in [6.07, 6.45) is 0. The largest absolute Gasteiger partial charge is 0.378 e. The molecule has 6 heteroatoms. The normalized spacial score (nSPS) is 11.8. The molecule has 0 spiro atoms. The first-order valence-electron chi connectivity index (χ1n) is 6.19. The highest BCUT2D eigenvalue weighted by Gasteiger charge is 2.08. The lowest BCUT2D eigenvalue weighted by atomic mass is 10.2. The zero-order valence-electron chi connectivity index (χ0n) is 11.2.